The maximum absolute atomic E-state index is 12.9. The van der Waals surface area contributed by atoms with Crippen molar-refractivity contribution in [3.8, 4) is 0 Å². The zero-order valence-corrected chi connectivity index (χ0v) is 13.0. The van der Waals surface area contributed by atoms with Gasteiger partial charge >= 0.3 is 12.4 Å². The molecule has 1 aromatic carbocycles. The minimum absolute atomic E-state index is 0.0349. The molecule has 0 heterocycles. The Morgan fingerprint density at radius 1 is 0.917 bits per heavy atom. The van der Waals surface area contributed by atoms with Gasteiger partial charge < -0.3 is 10.4 Å². The van der Waals surface area contributed by atoms with Crippen LogP contribution in [0.25, 0.3) is 0 Å². The molecule has 0 aromatic heterocycles. The molecule has 2 rings (SSSR count). The Kier molecular flexibility index (Phi) is 5.49. The zero-order chi connectivity index (χ0) is 18.1. The highest BCUT2D eigenvalue weighted by Gasteiger charge is 2.37. The number of hydrogen-bond donors (Lipinski definition) is 2. The van der Waals surface area contributed by atoms with Crippen LogP contribution in [0.15, 0.2) is 18.2 Å². The summed E-state index contributed by atoms with van der Waals surface area (Å²) in [7, 11) is 0. The number of rotatable bonds is 3. The van der Waals surface area contributed by atoms with E-state index in [-0.39, 0.29) is 23.8 Å². The fourth-order valence-corrected chi connectivity index (χ4v) is 2.92. The highest BCUT2D eigenvalue weighted by atomic mass is 19.4. The normalized spacial score (nSPS) is 24.0. The molecule has 1 atom stereocenters. The number of alkyl halides is 6. The highest BCUT2D eigenvalue weighted by molar-refractivity contribution is 5.35. The Hall–Kier alpha value is -1.28. The van der Waals surface area contributed by atoms with Gasteiger partial charge in [-0.2, -0.15) is 26.3 Å². The van der Waals surface area contributed by atoms with Gasteiger partial charge in [0, 0.05) is 12.1 Å². The predicted molar refractivity (Wildman–Crippen MR) is 76.3 cm³/mol. The van der Waals surface area contributed by atoms with E-state index < -0.39 is 29.5 Å². The van der Waals surface area contributed by atoms with Gasteiger partial charge in [0.05, 0.1) is 17.2 Å². The first-order valence-electron chi connectivity index (χ1n) is 7.70. The van der Waals surface area contributed by atoms with Crippen LogP contribution in [-0.4, -0.2) is 17.3 Å². The van der Waals surface area contributed by atoms with E-state index in [1.54, 1.807) is 6.92 Å². The van der Waals surface area contributed by atoms with Crippen molar-refractivity contribution in [3.05, 3.63) is 34.9 Å². The molecule has 24 heavy (non-hydrogen) atoms. The summed E-state index contributed by atoms with van der Waals surface area (Å²) in [5, 5.41) is 12.5. The molecule has 0 aliphatic heterocycles. The molecule has 2 N–H and O–H groups in total. The van der Waals surface area contributed by atoms with E-state index in [1.165, 1.54) is 0 Å². The molecule has 1 aromatic rings. The summed E-state index contributed by atoms with van der Waals surface area (Å²) in [5.41, 5.74) is -2.66. The lowest BCUT2D eigenvalue weighted by molar-refractivity contribution is -0.143. The Bertz CT molecular complexity index is 528. The van der Waals surface area contributed by atoms with Crippen molar-refractivity contribution in [2.24, 2.45) is 0 Å². The summed E-state index contributed by atoms with van der Waals surface area (Å²) >= 11 is 0. The van der Waals surface area contributed by atoms with Crippen molar-refractivity contribution in [1.29, 1.82) is 0 Å². The number of aliphatic hydroxyl groups is 1. The van der Waals surface area contributed by atoms with Gasteiger partial charge in [-0.25, -0.2) is 0 Å². The second-order valence-corrected chi connectivity index (χ2v) is 6.23. The quantitative estimate of drug-likeness (QED) is 0.772. The minimum Gasteiger partial charge on any atom is -0.393 e. The molecule has 1 saturated carbocycles. The van der Waals surface area contributed by atoms with Gasteiger partial charge in [0.25, 0.3) is 0 Å². The van der Waals surface area contributed by atoms with Crippen LogP contribution in [0, 0.1) is 0 Å². The third-order valence-corrected chi connectivity index (χ3v) is 4.29. The molecule has 1 fully saturated rings. The van der Waals surface area contributed by atoms with E-state index in [0.29, 0.717) is 25.7 Å². The fourth-order valence-electron chi connectivity index (χ4n) is 2.92. The molecule has 0 radical (unpaired) electrons. The van der Waals surface area contributed by atoms with Crippen molar-refractivity contribution in [3.63, 3.8) is 0 Å². The van der Waals surface area contributed by atoms with Crippen molar-refractivity contribution < 1.29 is 31.4 Å². The second-order valence-electron chi connectivity index (χ2n) is 6.23. The van der Waals surface area contributed by atoms with E-state index in [4.69, 9.17) is 0 Å². The largest absolute Gasteiger partial charge is 0.416 e. The monoisotopic (exact) mass is 355 g/mol. The van der Waals surface area contributed by atoms with E-state index >= 15 is 0 Å². The lowest BCUT2D eigenvalue weighted by Gasteiger charge is -2.29. The van der Waals surface area contributed by atoms with Gasteiger partial charge in [0.15, 0.2) is 0 Å². The summed E-state index contributed by atoms with van der Waals surface area (Å²) in [6.07, 6.45) is -7.66. The highest BCUT2D eigenvalue weighted by Crippen LogP contribution is 2.37. The molecule has 8 heteroatoms. The van der Waals surface area contributed by atoms with Crippen molar-refractivity contribution >= 4 is 0 Å². The number of aliphatic hydroxyl groups excluding tert-OH is 1. The first-order valence-corrected chi connectivity index (χ1v) is 7.70. The molecular formula is C16H19F6NO. The van der Waals surface area contributed by atoms with E-state index in [2.05, 4.69) is 5.32 Å². The molecule has 0 spiro atoms. The maximum Gasteiger partial charge on any atom is 0.416 e. The van der Waals surface area contributed by atoms with Gasteiger partial charge in [0.2, 0.25) is 0 Å². The number of hydrogen-bond acceptors (Lipinski definition) is 2. The van der Waals surface area contributed by atoms with Crippen molar-refractivity contribution in [2.75, 3.05) is 0 Å². The van der Waals surface area contributed by atoms with Crippen molar-refractivity contribution in [1.82, 2.24) is 5.32 Å². The second kappa shape index (κ2) is 6.92. The first-order chi connectivity index (χ1) is 11.0. The molecule has 136 valence electrons. The summed E-state index contributed by atoms with van der Waals surface area (Å²) in [5.74, 6) is 0. The Labute approximate surface area is 135 Å². The number of halogens is 6. The third-order valence-electron chi connectivity index (χ3n) is 4.29. The minimum atomic E-state index is -4.84. The molecule has 0 bridgehead atoms. The Morgan fingerprint density at radius 3 is 1.79 bits per heavy atom. The summed E-state index contributed by atoms with van der Waals surface area (Å²) in [6.45, 7) is 1.54. The van der Waals surface area contributed by atoms with E-state index in [0.717, 1.165) is 12.1 Å². The van der Waals surface area contributed by atoms with Crippen LogP contribution < -0.4 is 5.32 Å². The van der Waals surface area contributed by atoms with Crippen molar-refractivity contribution in [2.45, 2.75) is 63.1 Å². The van der Waals surface area contributed by atoms with Gasteiger partial charge in [-0.3, -0.25) is 0 Å². The lowest BCUT2D eigenvalue weighted by atomic mass is 9.91. The summed E-state index contributed by atoms with van der Waals surface area (Å²) in [4.78, 5) is 0. The van der Waals surface area contributed by atoms with Gasteiger partial charge in [0.1, 0.15) is 0 Å². The smallest absolute Gasteiger partial charge is 0.393 e. The van der Waals surface area contributed by atoms with E-state index in [1.807, 2.05) is 0 Å². The predicted octanol–water partition coefficient (Wildman–Crippen LogP) is 4.68. The maximum atomic E-state index is 12.9. The molecule has 0 saturated heterocycles. The first kappa shape index (κ1) is 19.1. The molecule has 0 amide bonds. The third kappa shape index (κ3) is 4.86. The Balaban J connectivity index is 2.24. The molecule has 1 aliphatic rings. The zero-order valence-electron chi connectivity index (χ0n) is 13.0. The Morgan fingerprint density at radius 2 is 1.38 bits per heavy atom. The SMILES string of the molecule is C[C@H](NC1CCC(O)CC1)c1cc(C(F)(F)F)cc(C(F)(F)F)c1. The van der Waals surface area contributed by atoms with Crippen LogP contribution >= 0.6 is 0 Å². The summed E-state index contributed by atoms with van der Waals surface area (Å²) in [6, 6.07) is 0.948. The van der Waals surface area contributed by atoms with Crippen LogP contribution in [0.2, 0.25) is 0 Å². The van der Waals surface area contributed by atoms with Crippen LogP contribution in [-0.2, 0) is 12.4 Å². The number of benzene rings is 1. The molecule has 0 unspecified atom stereocenters. The van der Waals surface area contributed by atoms with Gasteiger partial charge in [-0.1, -0.05) is 0 Å². The average molecular weight is 355 g/mol. The van der Waals surface area contributed by atoms with E-state index in [9.17, 15) is 31.4 Å². The van der Waals surface area contributed by atoms with Crippen LogP contribution in [0.4, 0.5) is 26.3 Å². The standard InChI is InChI=1S/C16H19F6NO/c1-9(23-13-2-4-14(24)5-3-13)10-6-11(15(17,18)19)8-12(7-10)16(20,21)22/h6-9,13-14,23-24H,2-5H2,1H3/t9-,13?,14?/m0/s1. The summed E-state index contributed by atoms with van der Waals surface area (Å²) < 4.78 is 77.3. The van der Waals surface area contributed by atoms with Crippen LogP contribution in [0.3, 0.4) is 0 Å². The lowest BCUT2D eigenvalue weighted by Crippen LogP contribution is -2.36. The van der Waals surface area contributed by atoms with Crippen LogP contribution in [0.5, 0.6) is 0 Å². The number of nitrogens with one attached hydrogen (secondary N) is 1. The molecule has 1 aliphatic carbocycles. The van der Waals surface area contributed by atoms with Gasteiger partial charge in [-0.15, -0.1) is 0 Å². The topological polar surface area (TPSA) is 32.3 Å². The van der Waals surface area contributed by atoms with Gasteiger partial charge in [-0.05, 0) is 56.4 Å². The fraction of sp³-hybridized carbons (Fsp3) is 0.625. The van der Waals surface area contributed by atoms with Crippen LogP contribution in [0.1, 0.15) is 55.3 Å². The average Bonchev–Trinajstić information content (AvgIpc) is 2.47. The molecule has 2 nitrogen and oxygen atoms in total. The molecular weight excluding hydrogens is 336 g/mol.